The number of aromatic amines is 1. The van der Waals surface area contributed by atoms with E-state index in [-0.39, 0.29) is 5.91 Å². The van der Waals surface area contributed by atoms with Gasteiger partial charge in [-0.05, 0) is 49.1 Å². The predicted octanol–water partition coefficient (Wildman–Crippen LogP) is 3.80. The molecule has 2 N–H and O–H groups in total. The van der Waals surface area contributed by atoms with Crippen LogP contribution in [0, 0.1) is 5.41 Å². The number of carbonyl (C=O) groups is 1. The van der Waals surface area contributed by atoms with Gasteiger partial charge in [-0.25, -0.2) is 0 Å². The van der Waals surface area contributed by atoms with Crippen LogP contribution in [-0.4, -0.2) is 17.4 Å². The van der Waals surface area contributed by atoms with Crippen LogP contribution in [0.3, 0.4) is 0 Å². The Hall–Kier alpha value is -1.77. The SMILES string of the molecule is CCC1(CNC(=O)CCCc2c[nH]c3ccccc23)CC1. The molecule has 0 unspecified atom stereocenters. The summed E-state index contributed by atoms with van der Waals surface area (Å²) in [5.41, 5.74) is 2.92. The highest BCUT2D eigenvalue weighted by Crippen LogP contribution is 2.47. The molecule has 1 amide bonds. The summed E-state index contributed by atoms with van der Waals surface area (Å²) in [6.07, 6.45) is 8.29. The van der Waals surface area contributed by atoms with Crippen LogP contribution in [0.4, 0.5) is 0 Å². The van der Waals surface area contributed by atoms with Crippen LogP contribution >= 0.6 is 0 Å². The van der Waals surface area contributed by atoms with Gasteiger partial charge in [-0.3, -0.25) is 4.79 Å². The van der Waals surface area contributed by atoms with E-state index in [2.05, 4.69) is 41.6 Å². The van der Waals surface area contributed by atoms with Gasteiger partial charge < -0.3 is 10.3 Å². The minimum Gasteiger partial charge on any atom is -0.361 e. The van der Waals surface area contributed by atoms with Crippen LogP contribution in [0.5, 0.6) is 0 Å². The molecule has 1 aliphatic carbocycles. The molecule has 2 aromatic rings. The Kier molecular flexibility index (Phi) is 4.00. The molecule has 112 valence electrons. The third kappa shape index (κ3) is 3.29. The van der Waals surface area contributed by atoms with E-state index < -0.39 is 0 Å². The number of rotatable bonds is 7. The molecule has 1 heterocycles. The normalized spacial score (nSPS) is 16.0. The maximum absolute atomic E-state index is 11.9. The van der Waals surface area contributed by atoms with Gasteiger partial charge in [-0.2, -0.15) is 0 Å². The molecule has 0 atom stereocenters. The van der Waals surface area contributed by atoms with Crippen LogP contribution < -0.4 is 5.32 Å². The second-order valence-electron chi connectivity index (χ2n) is 6.34. The number of aryl methyl sites for hydroxylation is 1. The lowest BCUT2D eigenvalue weighted by molar-refractivity contribution is -0.121. The fourth-order valence-electron chi connectivity index (χ4n) is 2.98. The first kappa shape index (κ1) is 14.2. The van der Waals surface area contributed by atoms with E-state index in [0.717, 1.165) is 19.4 Å². The zero-order valence-corrected chi connectivity index (χ0v) is 12.7. The third-order valence-electron chi connectivity index (χ3n) is 4.89. The van der Waals surface area contributed by atoms with Crippen molar-refractivity contribution in [3.05, 3.63) is 36.0 Å². The summed E-state index contributed by atoms with van der Waals surface area (Å²) in [5.74, 6) is 0.203. The number of carbonyl (C=O) groups excluding carboxylic acids is 1. The number of fused-ring (bicyclic) bond motifs is 1. The van der Waals surface area contributed by atoms with Gasteiger partial charge in [0.15, 0.2) is 0 Å². The van der Waals surface area contributed by atoms with Gasteiger partial charge in [0.1, 0.15) is 0 Å². The summed E-state index contributed by atoms with van der Waals surface area (Å²) in [7, 11) is 0. The monoisotopic (exact) mass is 284 g/mol. The van der Waals surface area contributed by atoms with E-state index in [9.17, 15) is 4.79 Å². The number of hydrogen-bond donors (Lipinski definition) is 2. The number of aromatic nitrogens is 1. The summed E-state index contributed by atoms with van der Waals surface area (Å²) in [6.45, 7) is 3.09. The topological polar surface area (TPSA) is 44.9 Å². The Morgan fingerprint density at radius 2 is 2.14 bits per heavy atom. The van der Waals surface area contributed by atoms with E-state index in [1.165, 1.54) is 35.7 Å². The molecule has 1 aromatic heterocycles. The summed E-state index contributed by atoms with van der Waals surface area (Å²) >= 11 is 0. The first-order valence-electron chi connectivity index (χ1n) is 8.04. The van der Waals surface area contributed by atoms with Crippen LogP contribution in [-0.2, 0) is 11.2 Å². The molecule has 0 spiro atoms. The van der Waals surface area contributed by atoms with E-state index in [1.807, 2.05) is 6.07 Å². The first-order chi connectivity index (χ1) is 10.2. The average molecular weight is 284 g/mol. The maximum atomic E-state index is 11.9. The number of para-hydroxylation sites is 1. The van der Waals surface area contributed by atoms with Crippen LogP contribution in [0.1, 0.15) is 44.6 Å². The highest BCUT2D eigenvalue weighted by Gasteiger charge is 2.40. The van der Waals surface area contributed by atoms with Crippen LogP contribution in [0.15, 0.2) is 30.5 Å². The second kappa shape index (κ2) is 5.92. The molecule has 1 aliphatic rings. The predicted molar refractivity (Wildman–Crippen MR) is 86.2 cm³/mol. The molecule has 3 rings (SSSR count). The van der Waals surface area contributed by atoms with Crippen LogP contribution in [0.2, 0.25) is 0 Å². The van der Waals surface area contributed by atoms with Crippen molar-refractivity contribution in [3.63, 3.8) is 0 Å². The van der Waals surface area contributed by atoms with Crippen LogP contribution in [0.25, 0.3) is 10.9 Å². The Bertz CT molecular complexity index is 625. The van der Waals surface area contributed by atoms with Crippen molar-refractivity contribution in [2.24, 2.45) is 5.41 Å². The Morgan fingerprint density at radius 3 is 2.90 bits per heavy atom. The summed E-state index contributed by atoms with van der Waals surface area (Å²) in [5, 5.41) is 4.39. The van der Waals surface area contributed by atoms with Crippen molar-refractivity contribution in [3.8, 4) is 0 Å². The van der Waals surface area contributed by atoms with Gasteiger partial charge in [-0.15, -0.1) is 0 Å². The van der Waals surface area contributed by atoms with Gasteiger partial charge in [0.05, 0.1) is 0 Å². The standard InChI is InChI=1S/C18H24N2O/c1-2-18(10-11-18)13-20-17(21)9-5-6-14-12-19-16-8-4-3-7-15(14)16/h3-4,7-8,12,19H,2,5-6,9-11,13H2,1H3,(H,20,21). The molecule has 3 nitrogen and oxygen atoms in total. The Balaban J connectivity index is 1.44. The summed E-state index contributed by atoms with van der Waals surface area (Å²) in [4.78, 5) is 15.2. The number of hydrogen-bond acceptors (Lipinski definition) is 1. The number of H-pyrrole nitrogens is 1. The number of benzene rings is 1. The lowest BCUT2D eigenvalue weighted by Gasteiger charge is -2.13. The highest BCUT2D eigenvalue weighted by atomic mass is 16.1. The lowest BCUT2D eigenvalue weighted by Crippen LogP contribution is -2.29. The zero-order valence-electron chi connectivity index (χ0n) is 12.7. The Labute approximate surface area is 126 Å². The number of amides is 1. The first-order valence-corrected chi connectivity index (χ1v) is 8.04. The maximum Gasteiger partial charge on any atom is 0.220 e. The van der Waals surface area contributed by atoms with Crippen molar-refractivity contribution in [2.75, 3.05) is 6.54 Å². The molecule has 3 heteroatoms. The van der Waals surface area contributed by atoms with Gasteiger partial charge >= 0.3 is 0 Å². The summed E-state index contributed by atoms with van der Waals surface area (Å²) < 4.78 is 0. The Morgan fingerprint density at radius 1 is 1.33 bits per heavy atom. The van der Waals surface area contributed by atoms with Gasteiger partial charge in [0.2, 0.25) is 5.91 Å². The molecule has 0 aliphatic heterocycles. The molecular weight excluding hydrogens is 260 g/mol. The van der Waals surface area contributed by atoms with Crippen molar-refractivity contribution in [1.29, 1.82) is 0 Å². The van der Waals surface area contributed by atoms with Crippen molar-refractivity contribution in [1.82, 2.24) is 10.3 Å². The second-order valence-corrected chi connectivity index (χ2v) is 6.34. The summed E-state index contributed by atoms with van der Waals surface area (Å²) in [6, 6.07) is 8.33. The molecule has 1 saturated carbocycles. The minimum absolute atomic E-state index is 0.203. The molecule has 1 aromatic carbocycles. The van der Waals surface area contributed by atoms with E-state index in [1.54, 1.807) is 0 Å². The van der Waals surface area contributed by atoms with E-state index >= 15 is 0 Å². The molecule has 21 heavy (non-hydrogen) atoms. The van der Waals surface area contributed by atoms with E-state index in [0.29, 0.717) is 11.8 Å². The largest absolute Gasteiger partial charge is 0.361 e. The van der Waals surface area contributed by atoms with Crippen molar-refractivity contribution in [2.45, 2.75) is 45.4 Å². The third-order valence-corrected chi connectivity index (χ3v) is 4.89. The number of nitrogens with one attached hydrogen (secondary N) is 2. The molecule has 0 bridgehead atoms. The fraction of sp³-hybridized carbons (Fsp3) is 0.500. The fourth-order valence-corrected chi connectivity index (χ4v) is 2.98. The smallest absolute Gasteiger partial charge is 0.220 e. The van der Waals surface area contributed by atoms with Gasteiger partial charge in [0.25, 0.3) is 0 Å². The zero-order chi connectivity index (χ0) is 14.7. The van der Waals surface area contributed by atoms with Crippen molar-refractivity contribution < 1.29 is 4.79 Å². The minimum atomic E-state index is 0.203. The average Bonchev–Trinajstić information content (AvgIpc) is 3.19. The van der Waals surface area contributed by atoms with E-state index in [4.69, 9.17) is 0 Å². The lowest BCUT2D eigenvalue weighted by atomic mass is 10.0. The molecule has 1 fully saturated rings. The molecule has 0 radical (unpaired) electrons. The van der Waals surface area contributed by atoms with Gasteiger partial charge in [-0.1, -0.05) is 25.1 Å². The molecular formula is C18H24N2O. The highest BCUT2D eigenvalue weighted by molar-refractivity contribution is 5.83. The van der Waals surface area contributed by atoms with Gasteiger partial charge in [0, 0.05) is 30.1 Å². The van der Waals surface area contributed by atoms with Crippen molar-refractivity contribution >= 4 is 16.8 Å². The quantitative estimate of drug-likeness (QED) is 0.798. The molecule has 0 saturated heterocycles.